The van der Waals surface area contributed by atoms with Gasteiger partial charge in [-0.1, -0.05) is 0 Å². The molecule has 1 aromatic heterocycles. The number of hydrogen-bond acceptors (Lipinski definition) is 6. The van der Waals surface area contributed by atoms with Gasteiger partial charge in [-0.15, -0.1) is 0 Å². The Balaban J connectivity index is 2.52. The molecule has 3 atom stereocenters. The molecule has 0 radical (unpaired) electrons. The maximum atomic E-state index is 11.8. The van der Waals surface area contributed by atoms with Crippen LogP contribution in [0.3, 0.4) is 0 Å². The van der Waals surface area contributed by atoms with E-state index in [9.17, 15) is 19.8 Å². The Hall–Kier alpha value is -1.48. The van der Waals surface area contributed by atoms with Gasteiger partial charge in [-0.3, -0.25) is 14.3 Å². The van der Waals surface area contributed by atoms with E-state index in [4.69, 9.17) is 9.84 Å². The molecule has 0 spiro atoms. The highest BCUT2D eigenvalue weighted by Crippen LogP contribution is 2.33. The Morgan fingerprint density at radius 1 is 1.53 bits per heavy atom. The normalized spacial score (nSPS) is 30.7. The second kappa shape index (κ2) is 4.89. The topological polar surface area (TPSA) is 125 Å². The summed E-state index contributed by atoms with van der Waals surface area (Å²) in [7, 11) is 0. The molecule has 2 rings (SSSR count). The van der Waals surface area contributed by atoms with E-state index in [-0.39, 0.29) is 12.0 Å². The minimum atomic E-state index is -1.47. The maximum absolute atomic E-state index is 11.8. The molecule has 0 amide bonds. The third-order valence-electron chi connectivity index (χ3n) is 3.31. The molecular formula is C11H16N2O6. The molecule has 1 aromatic rings. The second-order valence-electron chi connectivity index (χ2n) is 4.66. The zero-order valence-corrected chi connectivity index (χ0v) is 10.4. The molecule has 0 aliphatic carbocycles. The zero-order valence-electron chi connectivity index (χ0n) is 10.4. The molecule has 0 saturated carbocycles. The lowest BCUT2D eigenvalue weighted by Gasteiger charge is -2.28. The number of nitrogens with zero attached hydrogens (tertiary/aromatic N) is 1. The van der Waals surface area contributed by atoms with Crippen LogP contribution in [0.4, 0.5) is 0 Å². The van der Waals surface area contributed by atoms with Crippen molar-refractivity contribution in [2.75, 3.05) is 13.2 Å². The van der Waals surface area contributed by atoms with Gasteiger partial charge in [0.1, 0.15) is 6.10 Å². The van der Waals surface area contributed by atoms with E-state index < -0.39 is 42.4 Å². The van der Waals surface area contributed by atoms with E-state index in [1.54, 1.807) is 0 Å². The molecule has 1 fully saturated rings. The Labute approximate surface area is 107 Å². The van der Waals surface area contributed by atoms with Crippen LogP contribution in [-0.4, -0.2) is 50.3 Å². The number of aromatic nitrogens is 2. The minimum Gasteiger partial charge on any atom is -0.394 e. The first-order valence-electron chi connectivity index (χ1n) is 5.84. The summed E-state index contributed by atoms with van der Waals surface area (Å²) in [6.07, 6.45) is -0.674. The number of ether oxygens (including phenoxy) is 1. The molecule has 106 valence electrons. The lowest BCUT2D eigenvalue weighted by Crippen LogP contribution is -2.47. The molecule has 0 aromatic carbocycles. The highest BCUT2D eigenvalue weighted by molar-refractivity contribution is 5.04. The molecular weight excluding hydrogens is 256 g/mol. The number of H-pyrrole nitrogens is 1. The van der Waals surface area contributed by atoms with E-state index in [2.05, 4.69) is 4.98 Å². The fraction of sp³-hybridized carbons (Fsp3) is 0.636. The smallest absolute Gasteiger partial charge is 0.330 e. The summed E-state index contributed by atoms with van der Waals surface area (Å²) in [4.78, 5) is 25.2. The van der Waals surface area contributed by atoms with Gasteiger partial charge >= 0.3 is 5.69 Å². The summed E-state index contributed by atoms with van der Waals surface area (Å²) >= 11 is 0. The number of aryl methyl sites for hydroxylation is 1. The standard InChI is InChI=1S/C11H16N2O6/c1-6-3-13(10(18)12-9(6)17)11(5-15)2-7(16)8(4-14)19-11/h3,7-8,14-16H,2,4-5H2,1H3,(H,12,17,18). The number of aromatic amines is 1. The lowest BCUT2D eigenvalue weighted by atomic mass is 10.1. The molecule has 8 heteroatoms. The van der Waals surface area contributed by atoms with Gasteiger partial charge in [-0.2, -0.15) is 0 Å². The highest BCUT2D eigenvalue weighted by Gasteiger charge is 2.47. The molecule has 19 heavy (non-hydrogen) atoms. The monoisotopic (exact) mass is 272 g/mol. The first kappa shape index (κ1) is 13.9. The van der Waals surface area contributed by atoms with Gasteiger partial charge in [0.2, 0.25) is 0 Å². The van der Waals surface area contributed by atoms with E-state index in [1.165, 1.54) is 13.1 Å². The largest absolute Gasteiger partial charge is 0.394 e. The molecule has 1 aliphatic heterocycles. The molecule has 8 nitrogen and oxygen atoms in total. The minimum absolute atomic E-state index is 0.0554. The summed E-state index contributed by atoms with van der Waals surface area (Å²) < 4.78 is 6.46. The van der Waals surface area contributed by atoms with Crippen molar-refractivity contribution in [2.24, 2.45) is 0 Å². The molecule has 4 N–H and O–H groups in total. The van der Waals surface area contributed by atoms with Crippen LogP contribution in [0.2, 0.25) is 0 Å². The number of nitrogens with one attached hydrogen (secondary N) is 1. The highest BCUT2D eigenvalue weighted by atomic mass is 16.6. The molecule has 1 saturated heterocycles. The Bertz CT molecular complexity index is 579. The fourth-order valence-corrected chi connectivity index (χ4v) is 2.23. The first-order chi connectivity index (χ1) is 8.93. The van der Waals surface area contributed by atoms with Crippen LogP contribution >= 0.6 is 0 Å². The summed E-state index contributed by atoms with van der Waals surface area (Å²) in [5.74, 6) is 0. The van der Waals surface area contributed by atoms with Crippen molar-refractivity contribution < 1.29 is 20.1 Å². The number of aliphatic hydroxyl groups excluding tert-OH is 3. The van der Waals surface area contributed by atoms with Crippen molar-refractivity contribution >= 4 is 0 Å². The Morgan fingerprint density at radius 2 is 2.21 bits per heavy atom. The van der Waals surface area contributed by atoms with Gasteiger partial charge in [0.15, 0.2) is 5.72 Å². The van der Waals surface area contributed by atoms with Crippen molar-refractivity contribution in [3.8, 4) is 0 Å². The van der Waals surface area contributed by atoms with Crippen LogP contribution in [0, 0.1) is 6.92 Å². The zero-order chi connectivity index (χ0) is 14.2. The quantitative estimate of drug-likeness (QED) is 0.487. The summed E-state index contributed by atoms with van der Waals surface area (Å²) in [5, 5.41) is 28.3. The van der Waals surface area contributed by atoms with Crippen molar-refractivity contribution in [3.05, 3.63) is 32.6 Å². The van der Waals surface area contributed by atoms with Gasteiger partial charge in [0.05, 0.1) is 19.3 Å². The van der Waals surface area contributed by atoms with Gasteiger partial charge < -0.3 is 20.1 Å². The molecule has 1 aliphatic rings. The fourth-order valence-electron chi connectivity index (χ4n) is 2.23. The predicted molar refractivity (Wildman–Crippen MR) is 63.7 cm³/mol. The van der Waals surface area contributed by atoms with Crippen LogP contribution in [0.1, 0.15) is 12.0 Å². The van der Waals surface area contributed by atoms with Gasteiger partial charge in [-0.25, -0.2) is 4.79 Å². The second-order valence-corrected chi connectivity index (χ2v) is 4.66. The average Bonchev–Trinajstić information content (AvgIpc) is 2.71. The van der Waals surface area contributed by atoms with Crippen molar-refractivity contribution in [3.63, 3.8) is 0 Å². The van der Waals surface area contributed by atoms with Gasteiger partial charge in [-0.05, 0) is 6.92 Å². The summed E-state index contributed by atoms with van der Waals surface area (Å²) in [6, 6.07) is 0. The summed E-state index contributed by atoms with van der Waals surface area (Å²) in [6.45, 7) is 0.515. The van der Waals surface area contributed by atoms with Gasteiger partial charge in [0.25, 0.3) is 5.56 Å². The maximum Gasteiger partial charge on any atom is 0.330 e. The van der Waals surface area contributed by atoms with Crippen LogP contribution in [0.25, 0.3) is 0 Å². The first-order valence-corrected chi connectivity index (χ1v) is 5.84. The van der Waals surface area contributed by atoms with Crippen molar-refractivity contribution in [1.29, 1.82) is 0 Å². The average molecular weight is 272 g/mol. The number of rotatable bonds is 3. The Kier molecular flexibility index (Phi) is 3.59. The van der Waals surface area contributed by atoms with Crippen LogP contribution in [0.15, 0.2) is 15.8 Å². The van der Waals surface area contributed by atoms with Crippen LogP contribution < -0.4 is 11.2 Å². The predicted octanol–water partition coefficient (Wildman–Crippen LogP) is -2.37. The number of hydrogen-bond donors (Lipinski definition) is 4. The van der Waals surface area contributed by atoms with Crippen molar-refractivity contribution in [1.82, 2.24) is 9.55 Å². The van der Waals surface area contributed by atoms with E-state index in [1.807, 2.05) is 0 Å². The van der Waals surface area contributed by atoms with E-state index >= 15 is 0 Å². The lowest BCUT2D eigenvalue weighted by molar-refractivity contribution is -0.143. The molecule has 0 bridgehead atoms. The number of aliphatic hydroxyl groups is 3. The Morgan fingerprint density at radius 3 is 2.74 bits per heavy atom. The summed E-state index contributed by atoms with van der Waals surface area (Å²) in [5.41, 5.74) is -2.46. The van der Waals surface area contributed by atoms with E-state index in [0.717, 1.165) is 4.57 Å². The van der Waals surface area contributed by atoms with Gasteiger partial charge in [0, 0.05) is 18.2 Å². The van der Waals surface area contributed by atoms with Crippen LogP contribution in [0.5, 0.6) is 0 Å². The molecule has 3 unspecified atom stereocenters. The third-order valence-corrected chi connectivity index (χ3v) is 3.31. The van der Waals surface area contributed by atoms with Crippen molar-refractivity contribution in [2.45, 2.75) is 31.3 Å². The van der Waals surface area contributed by atoms with E-state index in [0.29, 0.717) is 0 Å². The third kappa shape index (κ3) is 2.23. The molecule has 2 heterocycles. The van der Waals surface area contributed by atoms with Crippen LogP contribution in [-0.2, 0) is 10.5 Å². The SMILES string of the molecule is Cc1cn(C2(CO)CC(O)C(CO)O2)c(=O)[nH]c1=O.